The number of rotatable bonds is 6. The van der Waals surface area contributed by atoms with Gasteiger partial charge in [0.2, 0.25) is 5.91 Å². The Morgan fingerprint density at radius 3 is 2.59 bits per heavy atom. The van der Waals surface area contributed by atoms with Gasteiger partial charge in [-0.25, -0.2) is 4.79 Å². The average Bonchev–Trinajstić information content (AvgIpc) is 3.03. The molecule has 2 N–H and O–H groups in total. The lowest BCUT2D eigenvalue weighted by Gasteiger charge is -2.12. The molecule has 5 nitrogen and oxygen atoms in total. The minimum absolute atomic E-state index is 0.0374. The number of hydrogen-bond donors (Lipinski definition) is 2. The van der Waals surface area contributed by atoms with Crippen molar-refractivity contribution in [3.8, 4) is 0 Å². The van der Waals surface area contributed by atoms with Crippen LogP contribution in [0.2, 0.25) is 0 Å². The maximum absolute atomic E-state index is 12.0. The third-order valence-corrected chi connectivity index (χ3v) is 4.67. The molecule has 2 aliphatic rings. The summed E-state index contributed by atoms with van der Waals surface area (Å²) in [6, 6.07) is 9.27. The largest absolute Gasteiger partial charge is 0.459 e. The van der Waals surface area contributed by atoms with Gasteiger partial charge in [0.1, 0.15) is 6.61 Å². The molecule has 118 valence electrons. The van der Waals surface area contributed by atoms with E-state index in [1.807, 2.05) is 30.3 Å². The number of carbonyl (C=O) groups is 2. The molecule has 0 radical (unpaired) electrons. The molecular weight excluding hydrogens is 282 g/mol. The van der Waals surface area contributed by atoms with Gasteiger partial charge >= 0.3 is 5.97 Å². The van der Waals surface area contributed by atoms with Crippen molar-refractivity contribution >= 4 is 11.9 Å². The predicted molar refractivity (Wildman–Crippen MR) is 79.6 cm³/mol. The first-order valence-corrected chi connectivity index (χ1v) is 7.83. The zero-order chi connectivity index (χ0) is 15.5. The quantitative estimate of drug-likeness (QED) is 0.776. The maximum Gasteiger partial charge on any atom is 0.337 e. The van der Waals surface area contributed by atoms with Crippen molar-refractivity contribution in [2.24, 2.45) is 17.8 Å². The zero-order valence-corrected chi connectivity index (χ0v) is 12.4. The van der Waals surface area contributed by atoms with Crippen LogP contribution in [0.1, 0.15) is 24.8 Å². The SMILES string of the molecule is O=C(NC[C@@H](O)C(=O)OCc1ccccc1)C1[C@@H]2CCC[C@@H]12. The van der Waals surface area contributed by atoms with Crippen molar-refractivity contribution in [3.63, 3.8) is 0 Å². The number of carbonyl (C=O) groups excluding carboxylic acids is 2. The smallest absolute Gasteiger partial charge is 0.337 e. The minimum atomic E-state index is -1.31. The van der Waals surface area contributed by atoms with Crippen molar-refractivity contribution in [2.75, 3.05) is 6.54 Å². The highest BCUT2D eigenvalue weighted by atomic mass is 16.5. The highest BCUT2D eigenvalue weighted by Crippen LogP contribution is 2.57. The molecule has 2 saturated carbocycles. The summed E-state index contributed by atoms with van der Waals surface area (Å²) in [5, 5.41) is 12.4. The van der Waals surface area contributed by atoms with Gasteiger partial charge < -0.3 is 15.2 Å². The molecular formula is C17H21NO4. The summed E-state index contributed by atoms with van der Waals surface area (Å²) in [6.07, 6.45) is 2.16. The van der Waals surface area contributed by atoms with E-state index >= 15 is 0 Å². The molecule has 0 bridgehead atoms. The summed E-state index contributed by atoms with van der Waals surface area (Å²) in [4.78, 5) is 23.6. The Balaban J connectivity index is 1.37. The van der Waals surface area contributed by atoms with E-state index in [0.717, 1.165) is 18.4 Å². The number of aliphatic hydroxyl groups excluding tert-OH is 1. The molecule has 1 aromatic carbocycles. The second kappa shape index (κ2) is 6.48. The van der Waals surface area contributed by atoms with E-state index in [1.54, 1.807) is 0 Å². The average molecular weight is 303 g/mol. The second-order valence-electron chi connectivity index (χ2n) is 6.14. The van der Waals surface area contributed by atoms with E-state index in [-0.39, 0.29) is 25.0 Å². The first-order valence-electron chi connectivity index (χ1n) is 7.83. The first-order chi connectivity index (χ1) is 10.7. The van der Waals surface area contributed by atoms with Crippen LogP contribution in [0.4, 0.5) is 0 Å². The van der Waals surface area contributed by atoms with Crippen molar-refractivity contribution < 1.29 is 19.4 Å². The van der Waals surface area contributed by atoms with Gasteiger partial charge in [-0.05, 0) is 30.2 Å². The number of aliphatic hydroxyl groups is 1. The number of amides is 1. The lowest BCUT2D eigenvalue weighted by Crippen LogP contribution is -2.38. The van der Waals surface area contributed by atoms with Gasteiger partial charge in [-0.15, -0.1) is 0 Å². The number of ether oxygens (including phenoxy) is 1. The number of fused-ring (bicyclic) bond motifs is 1. The van der Waals surface area contributed by atoms with Gasteiger partial charge in [-0.1, -0.05) is 36.8 Å². The molecule has 0 aliphatic heterocycles. The fourth-order valence-corrected chi connectivity index (χ4v) is 3.43. The third-order valence-electron chi connectivity index (χ3n) is 4.67. The van der Waals surface area contributed by atoms with Gasteiger partial charge in [-0.2, -0.15) is 0 Å². The summed E-state index contributed by atoms with van der Waals surface area (Å²) >= 11 is 0. The van der Waals surface area contributed by atoms with Gasteiger partial charge in [0.15, 0.2) is 6.10 Å². The maximum atomic E-state index is 12.0. The first kappa shape index (κ1) is 15.0. The van der Waals surface area contributed by atoms with Crippen molar-refractivity contribution in [2.45, 2.75) is 32.0 Å². The Hall–Kier alpha value is -1.88. The van der Waals surface area contributed by atoms with Crippen LogP contribution in [0, 0.1) is 17.8 Å². The van der Waals surface area contributed by atoms with E-state index < -0.39 is 12.1 Å². The summed E-state index contributed by atoms with van der Waals surface area (Å²) in [5.41, 5.74) is 0.859. The normalized spacial score (nSPS) is 26.9. The van der Waals surface area contributed by atoms with Gasteiger partial charge in [0.25, 0.3) is 0 Å². The van der Waals surface area contributed by atoms with Crippen LogP contribution in [0.5, 0.6) is 0 Å². The molecule has 3 atom stereocenters. The van der Waals surface area contributed by atoms with Crippen molar-refractivity contribution in [1.82, 2.24) is 5.32 Å². The molecule has 1 amide bonds. The standard InChI is InChI=1S/C17H21NO4/c19-14(17(21)22-10-11-5-2-1-3-6-11)9-18-16(20)15-12-7-4-8-13(12)15/h1-3,5-6,12-15,19H,4,7-10H2,(H,18,20)/t12-,13-,14-/m1/s1. The van der Waals surface area contributed by atoms with E-state index in [1.165, 1.54) is 6.42 Å². The monoisotopic (exact) mass is 303 g/mol. The summed E-state index contributed by atoms with van der Waals surface area (Å²) in [5.74, 6) is 0.412. The van der Waals surface area contributed by atoms with Crippen molar-refractivity contribution in [1.29, 1.82) is 0 Å². The van der Waals surface area contributed by atoms with Crippen LogP contribution < -0.4 is 5.32 Å². The molecule has 0 heterocycles. The van der Waals surface area contributed by atoms with E-state index in [9.17, 15) is 14.7 Å². The third kappa shape index (κ3) is 3.30. The van der Waals surface area contributed by atoms with Crippen molar-refractivity contribution in [3.05, 3.63) is 35.9 Å². The fraction of sp³-hybridized carbons (Fsp3) is 0.529. The zero-order valence-electron chi connectivity index (χ0n) is 12.4. The van der Waals surface area contributed by atoms with Crippen LogP contribution in [-0.4, -0.2) is 29.6 Å². The Bertz CT molecular complexity index is 535. The predicted octanol–water partition coefficient (Wildman–Crippen LogP) is 1.25. The molecule has 5 heteroatoms. The number of benzene rings is 1. The summed E-state index contributed by atoms with van der Waals surface area (Å²) < 4.78 is 5.03. The number of esters is 1. The van der Waals surface area contributed by atoms with Crippen LogP contribution in [0.3, 0.4) is 0 Å². The van der Waals surface area contributed by atoms with Crippen LogP contribution in [0.15, 0.2) is 30.3 Å². The van der Waals surface area contributed by atoms with E-state index in [0.29, 0.717) is 11.8 Å². The summed E-state index contributed by atoms with van der Waals surface area (Å²) in [7, 11) is 0. The topological polar surface area (TPSA) is 75.6 Å². The molecule has 0 spiro atoms. The Morgan fingerprint density at radius 1 is 1.23 bits per heavy atom. The summed E-state index contributed by atoms with van der Waals surface area (Å²) in [6.45, 7) is 0.0415. The highest BCUT2D eigenvalue weighted by molar-refractivity contribution is 5.83. The molecule has 0 unspecified atom stereocenters. The molecule has 2 fully saturated rings. The van der Waals surface area contributed by atoms with Crippen LogP contribution >= 0.6 is 0 Å². The van der Waals surface area contributed by atoms with E-state index in [2.05, 4.69) is 5.32 Å². The van der Waals surface area contributed by atoms with Gasteiger partial charge in [0.05, 0.1) is 6.54 Å². The van der Waals surface area contributed by atoms with E-state index in [4.69, 9.17) is 4.74 Å². The van der Waals surface area contributed by atoms with Crippen LogP contribution in [-0.2, 0) is 20.9 Å². The Morgan fingerprint density at radius 2 is 1.91 bits per heavy atom. The fourth-order valence-electron chi connectivity index (χ4n) is 3.43. The van der Waals surface area contributed by atoms with Crippen LogP contribution in [0.25, 0.3) is 0 Å². The van der Waals surface area contributed by atoms with Gasteiger partial charge in [-0.3, -0.25) is 4.79 Å². The molecule has 22 heavy (non-hydrogen) atoms. The number of nitrogens with one attached hydrogen (secondary N) is 1. The Labute approximate surface area is 129 Å². The minimum Gasteiger partial charge on any atom is -0.459 e. The second-order valence-corrected chi connectivity index (χ2v) is 6.14. The molecule has 1 aromatic rings. The molecule has 0 saturated heterocycles. The molecule has 0 aromatic heterocycles. The number of hydrogen-bond acceptors (Lipinski definition) is 4. The Kier molecular flexibility index (Phi) is 4.43. The molecule has 3 rings (SSSR count). The highest BCUT2D eigenvalue weighted by Gasteiger charge is 2.56. The molecule has 2 aliphatic carbocycles. The lowest BCUT2D eigenvalue weighted by atomic mass is 10.1. The van der Waals surface area contributed by atoms with Gasteiger partial charge in [0, 0.05) is 5.92 Å². The lowest BCUT2D eigenvalue weighted by molar-refractivity contribution is -0.154.